The SMILES string of the molecule is CC(=N[C@@H]1CCCc2ccccc21)NC#N. The number of benzene rings is 1. The number of hydrogen-bond donors (Lipinski definition) is 1. The molecule has 1 atom stereocenters. The lowest BCUT2D eigenvalue weighted by atomic mass is 9.88. The first-order chi connectivity index (χ1) is 7.81. The van der Waals surface area contributed by atoms with Crippen LogP contribution in [0, 0.1) is 11.5 Å². The van der Waals surface area contributed by atoms with Gasteiger partial charge in [0.25, 0.3) is 0 Å². The molecule has 0 unspecified atom stereocenters. The van der Waals surface area contributed by atoms with Gasteiger partial charge in [-0.25, -0.2) is 0 Å². The van der Waals surface area contributed by atoms with Gasteiger partial charge in [0.1, 0.15) is 5.84 Å². The molecule has 82 valence electrons. The summed E-state index contributed by atoms with van der Waals surface area (Å²) in [5.41, 5.74) is 2.71. The highest BCUT2D eigenvalue weighted by atomic mass is 15.0. The zero-order valence-corrected chi connectivity index (χ0v) is 9.40. The van der Waals surface area contributed by atoms with Crippen LogP contribution in [0.3, 0.4) is 0 Å². The van der Waals surface area contributed by atoms with E-state index in [0.29, 0.717) is 5.84 Å². The van der Waals surface area contributed by atoms with Crippen LogP contribution in [-0.4, -0.2) is 5.84 Å². The zero-order chi connectivity index (χ0) is 11.4. The van der Waals surface area contributed by atoms with E-state index in [2.05, 4.69) is 34.6 Å². The van der Waals surface area contributed by atoms with Gasteiger partial charge in [0.05, 0.1) is 6.04 Å². The van der Waals surface area contributed by atoms with E-state index in [1.165, 1.54) is 17.5 Å². The maximum Gasteiger partial charge on any atom is 0.182 e. The Bertz CT molecular complexity index is 443. The summed E-state index contributed by atoms with van der Waals surface area (Å²) in [4.78, 5) is 4.55. The van der Waals surface area contributed by atoms with Gasteiger partial charge in [0.2, 0.25) is 0 Å². The van der Waals surface area contributed by atoms with E-state index < -0.39 is 0 Å². The highest BCUT2D eigenvalue weighted by Crippen LogP contribution is 2.32. The quantitative estimate of drug-likeness (QED) is 0.337. The second kappa shape index (κ2) is 4.80. The molecule has 0 spiro atoms. The molecule has 3 heteroatoms. The standard InChI is InChI=1S/C13H15N3/c1-10(15-9-14)16-13-8-4-6-11-5-2-3-7-12(11)13/h2-3,5,7,13H,4,6,8H2,1H3,(H,15,16)/t13-/m1/s1. The van der Waals surface area contributed by atoms with E-state index in [1.807, 2.05) is 13.1 Å². The molecule has 1 aromatic carbocycles. The highest BCUT2D eigenvalue weighted by molar-refractivity contribution is 5.81. The number of nitriles is 1. The van der Waals surface area contributed by atoms with Crippen LogP contribution in [0.4, 0.5) is 0 Å². The molecule has 16 heavy (non-hydrogen) atoms. The Morgan fingerprint density at radius 2 is 2.31 bits per heavy atom. The van der Waals surface area contributed by atoms with Crippen molar-refractivity contribution in [3.63, 3.8) is 0 Å². The molecule has 0 saturated carbocycles. The van der Waals surface area contributed by atoms with Crippen LogP contribution in [0.1, 0.15) is 36.9 Å². The van der Waals surface area contributed by atoms with Crippen molar-refractivity contribution >= 4 is 5.84 Å². The lowest BCUT2D eigenvalue weighted by Gasteiger charge is -2.22. The Morgan fingerprint density at radius 1 is 1.50 bits per heavy atom. The van der Waals surface area contributed by atoms with Crippen molar-refractivity contribution in [2.24, 2.45) is 4.99 Å². The lowest BCUT2D eigenvalue weighted by Crippen LogP contribution is -2.16. The predicted molar refractivity (Wildman–Crippen MR) is 64.0 cm³/mol. The van der Waals surface area contributed by atoms with Crippen molar-refractivity contribution in [1.29, 1.82) is 5.26 Å². The average molecular weight is 213 g/mol. The van der Waals surface area contributed by atoms with Gasteiger partial charge < -0.3 is 0 Å². The van der Waals surface area contributed by atoms with Gasteiger partial charge in [-0.05, 0) is 37.3 Å². The first-order valence-corrected chi connectivity index (χ1v) is 5.58. The molecule has 2 rings (SSSR count). The molecule has 1 aromatic rings. The number of nitrogens with zero attached hydrogens (tertiary/aromatic N) is 2. The van der Waals surface area contributed by atoms with Gasteiger partial charge in [-0.2, -0.15) is 5.26 Å². The second-order valence-corrected chi connectivity index (χ2v) is 4.06. The molecule has 0 amide bonds. The molecule has 1 aliphatic carbocycles. The largest absolute Gasteiger partial charge is 0.281 e. The summed E-state index contributed by atoms with van der Waals surface area (Å²) < 4.78 is 0. The van der Waals surface area contributed by atoms with Crippen molar-refractivity contribution in [3.05, 3.63) is 35.4 Å². The Kier molecular flexibility index (Phi) is 3.21. The van der Waals surface area contributed by atoms with Gasteiger partial charge in [0.15, 0.2) is 6.19 Å². The summed E-state index contributed by atoms with van der Waals surface area (Å²) >= 11 is 0. The molecule has 3 nitrogen and oxygen atoms in total. The minimum Gasteiger partial charge on any atom is -0.281 e. The summed E-state index contributed by atoms with van der Waals surface area (Å²) in [6.07, 6.45) is 5.29. The Balaban J connectivity index is 2.26. The average Bonchev–Trinajstić information content (AvgIpc) is 2.30. The monoisotopic (exact) mass is 213 g/mol. The molecule has 0 bridgehead atoms. The van der Waals surface area contributed by atoms with Gasteiger partial charge in [0, 0.05) is 0 Å². The van der Waals surface area contributed by atoms with Crippen LogP contribution in [0.5, 0.6) is 0 Å². The smallest absolute Gasteiger partial charge is 0.182 e. The fourth-order valence-electron chi connectivity index (χ4n) is 2.21. The van der Waals surface area contributed by atoms with Gasteiger partial charge >= 0.3 is 0 Å². The van der Waals surface area contributed by atoms with Crippen LogP contribution in [0.2, 0.25) is 0 Å². The first kappa shape index (κ1) is 10.7. The van der Waals surface area contributed by atoms with Gasteiger partial charge in [-0.1, -0.05) is 24.3 Å². The Hall–Kier alpha value is -1.82. The number of hydrogen-bond acceptors (Lipinski definition) is 2. The summed E-state index contributed by atoms with van der Waals surface area (Å²) in [5, 5.41) is 11.1. The molecule has 1 N–H and O–H groups in total. The fraction of sp³-hybridized carbons (Fsp3) is 0.385. The number of aryl methyl sites for hydroxylation is 1. The van der Waals surface area contributed by atoms with Crippen molar-refractivity contribution in [1.82, 2.24) is 5.32 Å². The highest BCUT2D eigenvalue weighted by Gasteiger charge is 2.18. The molecule has 0 fully saturated rings. The maximum absolute atomic E-state index is 8.52. The summed E-state index contributed by atoms with van der Waals surface area (Å²) in [5.74, 6) is 0.698. The van der Waals surface area contributed by atoms with Crippen molar-refractivity contribution in [2.75, 3.05) is 0 Å². The Labute approximate surface area is 95.8 Å². The van der Waals surface area contributed by atoms with Crippen LogP contribution >= 0.6 is 0 Å². The van der Waals surface area contributed by atoms with Gasteiger partial charge in [-0.15, -0.1) is 0 Å². The van der Waals surface area contributed by atoms with Crippen LogP contribution < -0.4 is 5.32 Å². The molecular weight excluding hydrogens is 198 g/mol. The van der Waals surface area contributed by atoms with Gasteiger partial charge in [-0.3, -0.25) is 10.3 Å². The zero-order valence-electron chi connectivity index (χ0n) is 9.40. The van der Waals surface area contributed by atoms with Crippen molar-refractivity contribution < 1.29 is 0 Å². The minimum absolute atomic E-state index is 0.214. The fourth-order valence-corrected chi connectivity index (χ4v) is 2.21. The van der Waals surface area contributed by atoms with E-state index in [4.69, 9.17) is 5.26 Å². The molecule has 0 aromatic heterocycles. The number of nitrogens with one attached hydrogen (secondary N) is 1. The number of aliphatic imine (C=N–C) groups is 1. The maximum atomic E-state index is 8.52. The summed E-state index contributed by atoms with van der Waals surface area (Å²) in [7, 11) is 0. The summed E-state index contributed by atoms with van der Waals surface area (Å²) in [6, 6.07) is 8.66. The Morgan fingerprint density at radius 3 is 3.12 bits per heavy atom. The minimum atomic E-state index is 0.214. The normalized spacial score (nSPS) is 19.8. The van der Waals surface area contributed by atoms with Crippen LogP contribution in [-0.2, 0) is 6.42 Å². The second-order valence-electron chi connectivity index (χ2n) is 4.06. The van der Waals surface area contributed by atoms with Crippen molar-refractivity contribution in [2.45, 2.75) is 32.2 Å². The molecule has 0 radical (unpaired) electrons. The van der Waals surface area contributed by atoms with Crippen LogP contribution in [0.15, 0.2) is 29.3 Å². The summed E-state index contributed by atoms with van der Waals surface area (Å²) in [6.45, 7) is 1.83. The van der Waals surface area contributed by atoms with E-state index in [0.717, 1.165) is 12.8 Å². The third-order valence-corrected chi connectivity index (χ3v) is 2.92. The number of amidine groups is 1. The van der Waals surface area contributed by atoms with Crippen molar-refractivity contribution in [3.8, 4) is 6.19 Å². The van der Waals surface area contributed by atoms with Crippen LogP contribution in [0.25, 0.3) is 0 Å². The molecular formula is C13H15N3. The predicted octanol–water partition coefficient (Wildman–Crippen LogP) is 2.55. The number of rotatable bonds is 1. The van der Waals surface area contributed by atoms with E-state index in [9.17, 15) is 0 Å². The van der Waals surface area contributed by atoms with E-state index >= 15 is 0 Å². The molecule has 0 saturated heterocycles. The topological polar surface area (TPSA) is 48.2 Å². The van der Waals surface area contributed by atoms with E-state index in [1.54, 1.807) is 0 Å². The third kappa shape index (κ3) is 2.22. The lowest BCUT2D eigenvalue weighted by molar-refractivity contribution is 0.571. The molecule has 0 heterocycles. The number of fused-ring (bicyclic) bond motifs is 1. The third-order valence-electron chi connectivity index (χ3n) is 2.92. The molecule has 1 aliphatic rings. The first-order valence-electron chi connectivity index (χ1n) is 5.58. The van der Waals surface area contributed by atoms with E-state index in [-0.39, 0.29) is 6.04 Å². The molecule has 0 aliphatic heterocycles.